The molecule has 1 heterocycles. The van der Waals surface area contributed by atoms with E-state index in [2.05, 4.69) is 0 Å². The van der Waals surface area contributed by atoms with Crippen molar-refractivity contribution in [3.63, 3.8) is 0 Å². The molecular formula is C23H18N2O5. The van der Waals surface area contributed by atoms with E-state index in [4.69, 9.17) is 9.47 Å². The van der Waals surface area contributed by atoms with Crippen molar-refractivity contribution in [1.29, 1.82) is 0 Å². The van der Waals surface area contributed by atoms with E-state index in [9.17, 15) is 14.9 Å². The van der Waals surface area contributed by atoms with E-state index in [0.717, 1.165) is 5.56 Å². The zero-order valence-corrected chi connectivity index (χ0v) is 16.1. The van der Waals surface area contributed by atoms with Gasteiger partial charge in [0.25, 0.3) is 5.69 Å². The molecule has 0 atom stereocenters. The number of hydrogen-bond donors (Lipinski definition) is 0. The molecule has 4 rings (SSSR count). The van der Waals surface area contributed by atoms with Gasteiger partial charge in [0.2, 0.25) is 0 Å². The molecule has 0 spiro atoms. The van der Waals surface area contributed by atoms with Crippen molar-refractivity contribution >= 4 is 16.6 Å². The molecule has 0 saturated heterocycles. The van der Waals surface area contributed by atoms with Gasteiger partial charge in [-0.25, -0.2) is 0 Å². The number of methoxy groups -OCH3 is 1. The molecule has 0 bridgehead atoms. The maximum atomic E-state index is 12.5. The van der Waals surface area contributed by atoms with Crippen molar-refractivity contribution < 1.29 is 14.4 Å². The lowest BCUT2D eigenvalue weighted by Crippen LogP contribution is -2.08. The summed E-state index contributed by atoms with van der Waals surface area (Å²) in [6.07, 6.45) is 1.63. The van der Waals surface area contributed by atoms with Gasteiger partial charge >= 0.3 is 0 Å². The van der Waals surface area contributed by atoms with E-state index < -0.39 is 4.92 Å². The Kier molecular flexibility index (Phi) is 5.17. The second-order valence-electron chi connectivity index (χ2n) is 6.62. The van der Waals surface area contributed by atoms with Crippen LogP contribution in [0.4, 0.5) is 5.69 Å². The fourth-order valence-electron chi connectivity index (χ4n) is 3.23. The number of non-ortho nitro benzene ring substituents is 1. The highest BCUT2D eigenvalue weighted by molar-refractivity contribution is 5.84. The molecule has 0 saturated carbocycles. The highest BCUT2D eigenvalue weighted by atomic mass is 16.6. The number of fused-ring (bicyclic) bond motifs is 1. The molecule has 0 aliphatic heterocycles. The summed E-state index contributed by atoms with van der Waals surface area (Å²) in [6, 6.07) is 20.7. The standard InChI is InChI=1S/C23H18N2O5/c1-29-22-14-20-19(13-23(22)30-15-16-5-3-2-4-6-16)21(26)11-12-24(20)17-7-9-18(10-8-17)25(27)28/h2-14H,15H2,1H3. The molecule has 3 aromatic carbocycles. The van der Waals surface area contributed by atoms with Gasteiger partial charge in [0.05, 0.1) is 17.5 Å². The minimum Gasteiger partial charge on any atom is -0.493 e. The molecule has 1 aromatic heterocycles. The summed E-state index contributed by atoms with van der Waals surface area (Å²) in [4.78, 5) is 23.0. The van der Waals surface area contributed by atoms with Crippen molar-refractivity contribution in [2.24, 2.45) is 0 Å². The number of benzene rings is 3. The molecule has 7 heteroatoms. The van der Waals surface area contributed by atoms with E-state index in [0.29, 0.717) is 34.7 Å². The number of aromatic nitrogens is 1. The Balaban J connectivity index is 1.78. The third-order valence-corrected chi connectivity index (χ3v) is 4.76. The molecule has 0 aliphatic carbocycles. The number of pyridine rings is 1. The van der Waals surface area contributed by atoms with E-state index in [1.807, 2.05) is 30.3 Å². The van der Waals surface area contributed by atoms with Crippen LogP contribution in [-0.2, 0) is 6.61 Å². The van der Waals surface area contributed by atoms with Crippen LogP contribution in [0.25, 0.3) is 16.6 Å². The molecular weight excluding hydrogens is 384 g/mol. The van der Waals surface area contributed by atoms with Crippen LogP contribution in [0.15, 0.2) is 83.8 Å². The van der Waals surface area contributed by atoms with Gasteiger partial charge in [0, 0.05) is 41.5 Å². The lowest BCUT2D eigenvalue weighted by atomic mass is 10.1. The van der Waals surface area contributed by atoms with Crippen molar-refractivity contribution in [1.82, 2.24) is 4.57 Å². The molecule has 0 unspecified atom stereocenters. The molecule has 0 radical (unpaired) electrons. The summed E-state index contributed by atoms with van der Waals surface area (Å²) >= 11 is 0. The molecule has 7 nitrogen and oxygen atoms in total. The average Bonchev–Trinajstić information content (AvgIpc) is 2.78. The molecule has 4 aromatic rings. The highest BCUT2D eigenvalue weighted by Crippen LogP contribution is 2.33. The van der Waals surface area contributed by atoms with Crippen molar-refractivity contribution in [2.75, 3.05) is 7.11 Å². The van der Waals surface area contributed by atoms with Crippen molar-refractivity contribution in [3.05, 3.63) is 105 Å². The van der Waals surface area contributed by atoms with Crippen LogP contribution in [0.5, 0.6) is 11.5 Å². The third-order valence-electron chi connectivity index (χ3n) is 4.76. The minimum absolute atomic E-state index is 0.00159. The SMILES string of the molecule is COc1cc2c(cc1OCc1ccccc1)c(=O)ccn2-c1ccc([N+](=O)[O-])cc1. The lowest BCUT2D eigenvalue weighted by molar-refractivity contribution is -0.384. The number of nitro groups is 1. The second kappa shape index (κ2) is 8.08. The Morgan fingerprint density at radius 3 is 2.37 bits per heavy atom. The van der Waals surface area contributed by atoms with Crippen molar-refractivity contribution in [3.8, 4) is 17.2 Å². The van der Waals surface area contributed by atoms with E-state index >= 15 is 0 Å². The maximum absolute atomic E-state index is 12.5. The zero-order chi connectivity index (χ0) is 21.1. The van der Waals surface area contributed by atoms with Crippen LogP contribution in [0, 0.1) is 10.1 Å². The van der Waals surface area contributed by atoms with Gasteiger partial charge in [-0.15, -0.1) is 0 Å². The first-order valence-electron chi connectivity index (χ1n) is 9.22. The monoisotopic (exact) mass is 402 g/mol. The summed E-state index contributed by atoms with van der Waals surface area (Å²) in [7, 11) is 1.54. The van der Waals surface area contributed by atoms with E-state index in [-0.39, 0.29) is 11.1 Å². The van der Waals surface area contributed by atoms with Gasteiger partial charge in [0.1, 0.15) is 6.61 Å². The summed E-state index contributed by atoms with van der Waals surface area (Å²) in [5, 5.41) is 11.4. The fraction of sp³-hybridized carbons (Fsp3) is 0.0870. The van der Waals surface area contributed by atoms with Gasteiger partial charge in [-0.2, -0.15) is 0 Å². The maximum Gasteiger partial charge on any atom is 0.269 e. The average molecular weight is 402 g/mol. The van der Waals surface area contributed by atoms with Crippen molar-refractivity contribution in [2.45, 2.75) is 6.61 Å². The first kappa shape index (κ1) is 19.2. The molecule has 0 N–H and O–H groups in total. The number of hydrogen-bond acceptors (Lipinski definition) is 5. The largest absolute Gasteiger partial charge is 0.493 e. The Hall–Kier alpha value is -4.13. The first-order chi connectivity index (χ1) is 14.6. The number of rotatable bonds is 6. The highest BCUT2D eigenvalue weighted by Gasteiger charge is 2.13. The quantitative estimate of drug-likeness (QED) is 0.351. The van der Waals surface area contributed by atoms with Gasteiger partial charge < -0.3 is 14.0 Å². The number of nitro benzene ring substituents is 1. The van der Waals surface area contributed by atoms with E-state index in [1.54, 1.807) is 35.0 Å². The molecule has 150 valence electrons. The molecule has 30 heavy (non-hydrogen) atoms. The lowest BCUT2D eigenvalue weighted by Gasteiger charge is -2.15. The minimum atomic E-state index is -0.452. The summed E-state index contributed by atoms with van der Waals surface area (Å²) in [5.41, 5.74) is 2.13. The number of nitrogens with zero attached hydrogens (tertiary/aromatic N) is 2. The summed E-state index contributed by atoms with van der Waals surface area (Å²) in [6.45, 7) is 0.339. The van der Waals surface area contributed by atoms with Crippen LogP contribution in [-0.4, -0.2) is 16.6 Å². The molecule has 0 aliphatic rings. The Morgan fingerprint density at radius 1 is 0.967 bits per heavy atom. The van der Waals surface area contributed by atoms with Gasteiger partial charge in [-0.05, 0) is 23.8 Å². The number of ether oxygens (including phenoxy) is 2. The Morgan fingerprint density at radius 2 is 1.70 bits per heavy atom. The predicted molar refractivity (Wildman–Crippen MR) is 114 cm³/mol. The fourth-order valence-corrected chi connectivity index (χ4v) is 3.23. The van der Waals surface area contributed by atoms with Crippen LogP contribution in [0.2, 0.25) is 0 Å². The molecule has 0 fully saturated rings. The van der Waals surface area contributed by atoms with Crippen LogP contribution >= 0.6 is 0 Å². The Bertz CT molecular complexity index is 1260. The van der Waals surface area contributed by atoms with Crippen LogP contribution in [0.3, 0.4) is 0 Å². The van der Waals surface area contributed by atoms with E-state index in [1.165, 1.54) is 25.3 Å². The summed E-state index contributed by atoms with van der Waals surface area (Å²) < 4.78 is 13.2. The van der Waals surface area contributed by atoms with Crippen LogP contribution < -0.4 is 14.9 Å². The smallest absolute Gasteiger partial charge is 0.269 e. The topological polar surface area (TPSA) is 83.6 Å². The van der Waals surface area contributed by atoms with Gasteiger partial charge in [-0.1, -0.05) is 30.3 Å². The third kappa shape index (κ3) is 3.73. The zero-order valence-electron chi connectivity index (χ0n) is 16.1. The molecule has 0 amide bonds. The summed E-state index contributed by atoms with van der Waals surface area (Å²) in [5.74, 6) is 0.951. The first-order valence-corrected chi connectivity index (χ1v) is 9.22. The predicted octanol–water partition coefficient (Wildman–Crippen LogP) is 4.49. The van der Waals surface area contributed by atoms with Gasteiger partial charge in [0.15, 0.2) is 16.9 Å². The second-order valence-corrected chi connectivity index (χ2v) is 6.62. The Labute approximate surface area is 171 Å². The van der Waals surface area contributed by atoms with Crippen LogP contribution in [0.1, 0.15) is 5.56 Å². The normalized spacial score (nSPS) is 10.7. The van der Waals surface area contributed by atoms with Gasteiger partial charge in [-0.3, -0.25) is 14.9 Å².